The molecule has 4 N–H and O–H groups in total. The Kier molecular flexibility index (Phi) is 17.2. The summed E-state index contributed by atoms with van der Waals surface area (Å²) in [5.74, 6) is -0.808. The van der Waals surface area contributed by atoms with Gasteiger partial charge in [-0.15, -0.1) is 0 Å². The van der Waals surface area contributed by atoms with Crippen molar-refractivity contribution in [2.24, 2.45) is 0 Å². The Morgan fingerprint density at radius 3 is 1.24 bits per heavy atom. The fourth-order valence-corrected chi connectivity index (χ4v) is 4.07. The van der Waals surface area contributed by atoms with Gasteiger partial charge >= 0.3 is 12.2 Å². The quantitative estimate of drug-likeness (QED) is 0.171. The Hall–Kier alpha value is -3.76. The zero-order valence-electron chi connectivity index (χ0n) is 24.9. The van der Waals surface area contributed by atoms with Crippen molar-refractivity contribution in [3.05, 3.63) is 71.8 Å². The lowest BCUT2D eigenvalue weighted by Gasteiger charge is -2.13. The monoisotopic (exact) mass is 582 g/mol. The maximum absolute atomic E-state index is 12.1. The number of hydrogen-bond donors (Lipinski definition) is 4. The van der Waals surface area contributed by atoms with Crippen LogP contribution in [0, 0.1) is 0 Å². The highest BCUT2D eigenvalue weighted by atomic mass is 16.6. The maximum atomic E-state index is 12.1. The first-order chi connectivity index (χ1) is 20.3. The van der Waals surface area contributed by atoms with Crippen LogP contribution in [0.1, 0.15) is 76.3 Å². The van der Waals surface area contributed by atoms with Gasteiger partial charge in [0.1, 0.15) is 13.2 Å². The van der Waals surface area contributed by atoms with Crippen LogP contribution in [-0.2, 0) is 32.3 Å². The van der Waals surface area contributed by atoms with E-state index in [0.29, 0.717) is 13.1 Å². The Bertz CT molecular complexity index is 982. The highest BCUT2D eigenvalue weighted by Gasteiger charge is 2.17. The molecule has 10 nitrogen and oxygen atoms in total. The van der Waals surface area contributed by atoms with Crippen LogP contribution in [0.15, 0.2) is 60.7 Å². The number of nitrogens with one attached hydrogen (secondary N) is 4. The van der Waals surface area contributed by atoms with E-state index in [9.17, 15) is 19.2 Å². The molecule has 0 aliphatic carbocycles. The van der Waals surface area contributed by atoms with Crippen molar-refractivity contribution in [3.63, 3.8) is 0 Å². The number of ether oxygens (including phenoxy) is 2. The number of carbonyl (C=O) groups excluding carboxylic acids is 4. The fourth-order valence-electron chi connectivity index (χ4n) is 4.07. The van der Waals surface area contributed by atoms with Crippen LogP contribution in [0.4, 0.5) is 9.59 Å². The predicted molar refractivity (Wildman–Crippen MR) is 161 cm³/mol. The van der Waals surface area contributed by atoms with E-state index in [4.69, 9.17) is 9.47 Å². The molecule has 0 saturated heterocycles. The number of rotatable bonds is 19. The molecule has 2 atom stereocenters. The number of amides is 4. The van der Waals surface area contributed by atoms with Crippen LogP contribution < -0.4 is 21.3 Å². The molecule has 0 fully saturated rings. The minimum atomic E-state index is -0.745. The van der Waals surface area contributed by atoms with E-state index < -0.39 is 36.1 Å². The van der Waals surface area contributed by atoms with Crippen molar-refractivity contribution >= 4 is 24.0 Å². The second kappa shape index (κ2) is 21.0. The maximum Gasteiger partial charge on any atom is 0.414 e. The third-order valence-electron chi connectivity index (χ3n) is 6.67. The van der Waals surface area contributed by atoms with Crippen molar-refractivity contribution < 1.29 is 28.7 Å². The Morgan fingerprint density at radius 1 is 0.548 bits per heavy atom. The number of benzene rings is 2. The minimum absolute atomic E-state index is 0.117. The molecule has 0 unspecified atom stereocenters. The Morgan fingerprint density at radius 2 is 0.881 bits per heavy atom. The lowest BCUT2D eigenvalue weighted by Crippen LogP contribution is -2.45. The van der Waals surface area contributed by atoms with Crippen LogP contribution in [0.5, 0.6) is 0 Å². The molecule has 0 radical (unpaired) electrons. The lowest BCUT2D eigenvalue weighted by atomic mass is 10.1. The van der Waals surface area contributed by atoms with Gasteiger partial charge in [0.2, 0.25) is 11.8 Å². The van der Waals surface area contributed by atoms with Crippen molar-refractivity contribution in [1.29, 1.82) is 0 Å². The highest BCUT2D eigenvalue weighted by Crippen LogP contribution is 2.08. The molecule has 230 valence electrons. The molecule has 2 aromatic rings. The Balaban J connectivity index is 1.37. The molecule has 0 aliphatic rings. The largest absolute Gasteiger partial charge is 0.444 e. The highest BCUT2D eigenvalue weighted by molar-refractivity contribution is 5.95. The summed E-state index contributed by atoms with van der Waals surface area (Å²) in [5.41, 5.74) is 1.71. The molecule has 42 heavy (non-hydrogen) atoms. The smallest absolute Gasteiger partial charge is 0.414 e. The summed E-state index contributed by atoms with van der Waals surface area (Å²) in [5, 5.41) is 10.8. The molecule has 0 aliphatic heterocycles. The molecule has 4 amide bonds. The average Bonchev–Trinajstić information content (AvgIpc) is 3.00. The van der Waals surface area contributed by atoms with Gasteiger partial charge in [-0.1, -0.05) is 99.2 Å². The summed E-state index contributed by atoms with van der Waals surface area (Å²) < 4.78 is 10.2. The van der Waals surface area contributed by atoms with Crippen LogP contribution >= 0.6 is 0 Å². The normalized spacial score (nSPS) is 12.1. The number of alkyl carbamates (subject to hydrolysis) is 2. The van der Waals surface area contributed by atoms with Gasteiger partial charge in [0.05, 0.1) is 12.1 Å². The molecular weight excluding hydrogens is 536 g/mol. The van der Waals surface area contributed by atoms with Gasteiger partial charge in [0, 0.05) is 0 Å². The van der Waals surface area contributed by atoms with E-state index in [1.54, 1.807) is 13.8 Å². The van der Waals surface area contributed by atoms with Crippen molar-refractivity contribution in [2.45, 2.75) is 90.5 Å². The van der Waals surface area contributed by atoms with E-state index in [2.05, 4.69) is 21.3 Å². The van der Waals surface area contributed by atoms with Gasteiger partial charge in [0.25, 0.3) is 0 Å². The van der Waals surface area contributed by atoms with Gasteiger partial charge < -0.3 is 20.1 Å². The molecule has 0 bridgehead atoms. The van der Waals surface area contributed by atoms with Crippen LogP contribution in [0.2, 0.25) is 0 Å². The third kappa shape index (κ3) is 15.9. The summed E-state index contributed by atoms with van der Waals surface area (Å²) in [4.78, 5) is 47.9. The molecular formula is C32H46N4O6. The summed E-state index contributed by atoms with van der Waals surface area (Å²) in [6, 6.07) is 17.6. The van der Waals surface area contributed by atoms with Crippen LogP contribution in [-0.4, -0.2) is 49.2 Å². The zero-order chi connectivity index (χ0) is 30.4. The molecule has 0 aromatic heterocycles. The fraction of sp³-hybridized carbons (Fsp3) is 0.500. The molecule has 0 heterocycles. The predicted octanol–water partition coefficient (Wildman–Crippen LogP) is 4.97. The molecule has 0 saturated carbocycles. The number of carbonyl (C=O) groups is 4. The molecule has 2 rings (SSSR count). The van der Waals surface area contributed by atoms with Gasteiger partial charge in [-0.05, 0) is 50.9 Å². The topological polar surface area (TPSA) is 135 Å². The van der Waals surface area contributed by atoms with Crippen LogP contribution in [0.3, 0.4) is 0 Å². The first-order valence-electron chi connectivity index (χ1n) is 14.8. The SMILES string of the molecule is C[C@H](NCCCCCCCCCCN[C@@H](C)C(=O)NC(=O)OCc1ccccc1)C(=O)NC(=O)OCc1ccccc1. The van der Waals surface area contributed by atoms with Crippen molar-refractivity contribution in [1.82, 2.24) is 21.3 Å². The summed E-state index contributed by atoms with van der Waals surface area (Å²) in [7, 11) is 0. The van der Waals surface area contributed by atoms with Gasteiger partial charge in [-0.25, -0.2) is 9.59 Å². The molecule has 0 spiro atoms. The Labute approximate surface area is 249 Å². The van der Waals surface area contributed by atoms with Gasteiger partial charge in [0.15, 0.2) is 0 Å². The summed E-state index contributed by atoms with van der Waals surface area (Å²) in [6.45, 7) is 5.09. The van der Waals surface area contributed by atoms with E-state index >= 15 is 0 Å². The zero-order valence-corrected chi connectivity index (χ0v) is 24.9. The third-order valence-corrected chi connectivity index (χ3v) is 6.67. The minimum Gasteiger partial charge on any atom is -0.444 e. The van der Waals surface area contributed by atoms with Gasteiger partial charge in [-0.2, -0.15) is 0 Å². The summed E-state index contributed by atoms with van der Waals surface area (Å²) >= 11 is 0. The van der Waals surface area contributed by atoms with Crippen molar-refractivity contribution in [2.75, 3.05) is 13.1 Å². The van der Waals surface area contributed by atoms with Crippen molar-refractivity contribution in [3.8, 4) is 0 Å². The molecule has 2 aromatic carbocycles. The average molecular weight is 583 g/mol. The van der Waals surface area contributed by atoms with E-state index in [-0.39, 0.29) is 13.2 Å². The first-order valence-corrected chi connectivity index (χ1v) is 14.8. The first kappa shape index (κ1) is 34.4. The second-order valence-electron chi connectivity index (χ2n) is 10.3. The van der Waals surface area contributed by atoms with E-state index in [1.165, 1.54) is 0 Å². The van der Waals surface area contributed by atoms with E-state index in [1.807, 2.05) is 60.7 Å². The molecule has 10 heteroatoms. The standard InChI is InChI=1S/C32H46N4O6/c1-25(29(37)35-31(39)41-23-27-17-11-9-12-18-27)33-21-15-7-5-3-4-6-8-16-22-34-26(2)30(38)36-32(40)42-24-28-19-13-10-14-20-28/h9-14,17-20,25-26,33-34H,3-8,15-16,21-24H2,1-2H3,(H,35,37,39)(H,36,38,40)/t25-,26-/m0/s1. The lowest BCUT2D eigenvalue weighted by molar-refractivity contribution is -0.123. The van der Waals surface area contributed by atoms with Gasteiger partial charge in [-0.3, -0.25) is 20.2 Å². The summed E-state index contributed by atoms with van der Waals surface area (Å²) in [6.07, 6.45) is 7.13. The van der Waals surface area contributed by atoms with E-state index in [0.717, 1.165) is 62.5 Å². The number of imide groups is 2. The van der Waals surface area contributed by atoms with Crippen LogP contribution in [0.25, 0.3) is 0 Å². The number of unbranched alkanes of at least 4 members (excludes halogenated alkanes) is 7. The second-order valence-corrected chi connectivity index (χ2v) is 10.3. The number of hydrogen-bond acceptors (Lipinski definition) is 8.